The largest absolute Gasteiger partial charge is 0.458 e. The Morgan fingerprint density at radius 1 is 0.397 bits per heavy atom. The molecule has 0 spiro atoms. The maximum absolute atomic E-state index is 6.75. The van der Waals surface area contributed by atoms with Crippen molar-refractivity contribution in [1.29, 1.82) is 0 Å². The molecule has 0 unspecified atom stereocenters. The van der Waals surface area contributed by atoms with Gasteiger partial charge in [0.05, 0.1) is 67.4 Å². The highest BCUT2D eigenvalue weighted by Gasteiger charge is 2.22. The summed E-state index contributed by atoms with van der Waals surface area (Å²) in [4.78, 5) is 10.1. The molecule has 0 aliphatic rings. The van der Waals surface area contributed by atoms with E-state index in [2.05, 4.69) is 231 Å². The van der Waals surface area contributed by atoms with Crippen molar-refractivity contribution in [2.45, 2.75) is 0 Å². The molecular weight excluding hydrogens is 895 g/mol. The number of aromatic nitrogens is 7. The number of para-hydroxylation sites is 8. The van der Waals surface area contributed by atoms with Crippen LogP contribution in [0.5, 0.6) is 11.5 Å². The minimum atomic E-state index is 0.656. The van der Waals surface area contributed by atoms with Gasteiger partial charge in [-0.25, -0.2) is 4.98 Å². The smallest absolute Gasteiger partial charge is 0.271 e. The Labute approximate surface area is 418 Å². The summed E-state index contributed by atoms with van der Waals surface area (Å²) in [6.45, 7) is 0. The number of hydrogen-bond acceptors (Lipinski definition) is 3. The number of ether oxygens (including phenoxy) is 1. The summed E-state index contributed by atoms with van der Waals surface area (Å²) in [6, 6.07) is 83.0. The Balaban J connectivity index is 0.823. The van der Waals surface area contributed by atoms with Gasteiger partial charge in [0.25, 0.3) is 6.33 Å². The summed E-state index contributed by atoms with van der Waals surface area (Å²) in [5.74, 6) is 2.85. The molecule has 8 nitrogen and oxygen atoms in total. The van der Waals surface area contributed by atoms with Crippen LogP contribution < -0.4 is 9.30 Å². The van der Waals surface area contributed by atoms with Gasteiger partial charge in [-0.2, -0.15) is 0 Å². The monoisotopic (exact) mass is 935 g/mol. The van der Waals surface area contributed by atoms with Crippen molar-refractivity contribution in [2.24, 2.45) is 0 Å². The van der Waals surface area contributed by atoms with E-state index in [0.29, 0.717) is 17.3 Å². The molecule has 6 aromatic heterocycles. The number of benzene rings is 9. The van der Waals surface area contributed by atoms with E-state index in [1.54, 1.807) is 6.20 Å². The molecule has 6 heterocycles. The molecule has 0 aliphatic heterocycles. The highest BCUT2D eigenvalue weighted by Crippen LogP contribution is 2.41. The molecule has 0 amide bonds. The van der Waals surface area contributed by atoms with Crippen LogP contribution in [0.25, 0.3) is 116 Å². The lowest BCUT2D eigenvalue weighted by atomic mass is 10.0. The number of imidazole rings is 1. The van der Waals surface area contributed by atoms with Gasteiger partial charge in [-0.3, -0.25) is 18.7 Å². The fourth-order valence-electron chi connectivity index (χ4n) is 11.2. The molecule has 0 bridgehead atoms. The summed E-state index contributed by atoms with van der Waals surface area (Å²) in [5.41, 5.74) is 14.0. The molecule has 15 aromatic rings. The molecule has 0 atom stereocenters. The Hall–Kier alpha value is -10.1. The third-order valence-corrected chi connectivity index (χ3v) is 14.3. The molecule has 15 rings (SSSR count). The van der Waals surface area contributed by atoms with Gasteiger partial charge in [0, 0.05) is 50.6 Å². The Bertz CT molecular complexity index is 4600. The lowest BCUT2D eigenvalue weighted by Gasteiger charge is -2.15. The minimum absolute atomic E-state index is 0.656. The zero-order valence-electron chi connectivity index (χ0n) is 39.2. The van der Waals surface area contributed by atoms with E-state index < -0.39 is 0 Å². The summed E-state index contributed by atoms with van der Waals surface area (Å²) in [5, 5.41) is 7.07. The first-order chi connectivity index (χ1) is 36.2. The van der Waals surface area contributed by atoms with Crippen LogP contribution >= 0.6 is 0 Å². The fraction of sp³-hybridized carbons (Fsp3) is 0. The maximum Gasteiger partial charge on any atom is 0.271 e. The summed E-state index contributed by atoms with van der Waals surface area (Å²) >= 11 is 0. The van der Waals surface area contributed by atoms with Crippen LogP contribution in [0.3, 0.4) is 0 Å². The van der Waals surface area contributed by atoms with Crippen LogP contribution in [0.1, 0.15) is 0 Å². The van der Waals surface area contributed by atoms with E-state index in [-0.39, 0.29) is 0 Å². The summed E-state index contributed by atoms with van der Waals surface area (Å²) in [7, 11) is 0. The summed E-state index contributed by atoms with van der Waals surface area (Å²) in [6.07, 6.45) is 7.44. The molecule has 8 heteroatoms. The highest BCUT2D eigenvalue weighted by molar-refractivity contribution is 6.15. The molecule has 9 aromatic carbocycles. The average molecular weight is 936 g/mol. The third-order valence-electron chi connectivity index (χ3n) is 14.3. The quantitative estimate of drug-likeness (QED) is 0.113. The van der Waals surface area contributed by atoms with E-state index in [9.17, 15) is 0 Å². The SMILES string of the molecule is [c-]1n(-c2cc(Oc3ccc4c5ccccc5n(-c5ccc(-n6c7ccccc7c7cccc(-n8c9ccccc9c9ccccc98)c76)cn5)c4c3)ccn2)c2ccccc2[n+]1-c1ccccc1-c1ccccc1. The molecule has 0 saturated heterocycles. The van der Waals surface area contributed by atoms with E-state index in [1.165, 1.54) is 32.6 Å². The molecule has 0 N–H and O–H groups in total. The first-order valence-electron chi connectivity index (χ1n) is 24.5. The molecular formula is C65H41N7O. The lowest BCUT2D eigenvalue weighted by Crippen LogP contribution is -2.30. The van der Waals surface area contributed by atoms with Crippen molar-refractivity contribution >= 4 is 76.5 Å². The maximum atomic E-state index is 6.75. The Kier molecular flexibility index (Phi) is 9.09. The standard InChI is InChI=1S/C65H41N7O/c1-2-17-43(18-3-1)47-19-4-9-25-54(47)68-42-69(60-31-15-14-30-59(60)68)64-40-46(37-38-66-64)73-45-34-35-52-50-22-7-13-29-58(50)72(62(52)39-45)63-36-33-44(41-67-63)70-55-26-10-8-23-51(55)53-24-16-32-61(65(53)70)71-56-27-11-5-20-48(56)49-21-6-12-28-57(49)71/h1-41H. The number of pyridine rings is 2. The minimum Gasteiger partial charge on any atom is -0.458 e. The molecule has 0 aliphatic carbocycles. The van der Waals surface area contributed by atoms with E-state index in [1.807, 2.05) is 41.1 Å². The molecule has 0 radical (unpaired) electrons. The van der Waals surface area contributed by atoms with Crippen molar-refractivity contribution in [2.75, 3.05) is 0 Å². The van der Waals surface area contributed by atoms with Gasteiger partial charge in [0.2, 0.25) is 0 Å². The number of rotatable bonds is 8. The molecule has 0 saturated carbocycles. The molecule has 0 fully saturated rings. The van der Waals surface area contributed by atoms with Gasteiger partial charge in [0.1, 0.15) is 17.3 Å². The lowest BCUT2D eigenvalue weighted by molar-refractivity contribution is -0.571. The van der Waals surface area contributed by atoms with E-state index in [0.717, 1.165) is 77.9 Å². The average Bonchev–Trinajstić information content (AvgIpc) is 4.20. The van der Waals surface area contributed by atoms with E-state index >= 15 is 0 Å². The normalized spacial score (nSPS) is 11.8. The van der Waals surface area contributed by atoms with Crippen LogP contribution in [0.15, 0.2) is 249 Å². The van der Waals surface area contributed by atoms with Gasteiger partial charge in [-0.05, 0) is 77.9 Å². The third kappa shape index (κ3) is 6.37. The Morgan fingerprint density at radius 3 is 1.71 bits per heavy atom. The van der Waals surface area contributed by atoms with Gasteiger partial charge >= 0.3 is 0 Å². The van der Waals surface area contributed by atoms with Crippen molar-refractivity contribution in [3.63, 3.8) is 0 Å². The van der Waals surface area contributed by atoms with Gasteiger partial charge in [-0.1, -0.05) is 158 Å². The zero-order valence-corrected chi connectivity index (χ0v) is 39.2. The predicted octanol–water partition coefficient (Wildman–Crippen LogP) is 15.2. The topological polar surface area (TPSA) is 58.6 Å². The number of nitrogens with zero attached hydrogens (tertiary/aromatic N) is 7. The Morgan fingerprint density at radius 2 is 0.986 bits per heavy atom. The van der Waals surface area contributed by atoms with Gasteiger partial charge in [-0.15, -0.1) is 0 Å². The molecule has 342 valence electrons. The first-order valence-corrected chi connectivity index (χ1v) is 24.5. The summed E-state index contributed by atoms with van der Waals surface area (Å²) < 4.78 is 17.9. The van der Waals surface area contributed by atoms with E-state index in [4.69, 9.17) is 14.7 Å². The second-order valence-corrected chi connectivity index (χ2v) is 18.4. The van der Waals surface area contributed by atoms with Crippen molar-refractivity contribution in [3.05, 3.63) is 255 Å². The van der Waals surface area contributed by atoms with Gasteiger partial charge < -0.3 is 13.9 Å². The van der Waals surface area contributed by atoms with Crippen molar-refractivity contribution < 1.29 is 9.30 Å². The van der Waals surface area contributed by atoms with Crippen LogP contribution in [0, 0.1) is 6.33 Å². The fourth-order valence-corrected chi connectivity index (χ4v) is 11.2. The number of fused-ring (bicyclic) bond motifs is 10. The second-order valence-electron chi connectivity index (χ2n) is 18.4. The van der Waals surface area contributed by atoms with Crippen molar-refractivity contribution in [1.82, 2.24) is 28.2 Å². The van der Waals surface area contributed by atoms with Crippen LogP contribution in [-0.4, -0.2) is 28.2 Å². The van der Waals surface area contributed by atoms with Crippen molar-refractivity contribution in [3.8, 4) is 51.3 Å². The predicted molar refractivity (Wildman–Crippen MR) is 294 cm³/mol. The zero-order chi connectivity index (χ0) is 48.0. The van der Waals surface area contributed by atoms with Crippen LogP contribution in [0.2, 0.25) is 0 Å². The number of hydrogen-bond donors (Lipinski definition) is 0. The van der Waals surface area contributed by atoms with Gasteiger partial charge in [0.15, 0.2) is 5.82 Å². The van der Waals surface area contributed by atoms with Crippen LogP contribution in [-0.2, 0) is 0 Å². The molecule has 73 heavy (non-hydrogen) atoms. The second kappa shape index (κ2) is 16.3. The van der Waals surface area contributed by atoms with Crippen LogP contribution in [0.4, 0.5) is 0 Å². The first kappa shape index (κ1) is 40.8. The highest BCUT2D eigenvalue weighted by atomic mass is 16.5.